The maximum atomic E-state index is 12.8. The fourth-order valence-corrected chi connectivity index (χ4v) is 2.88. The van der Waals surface area contributed by atoms with Crippen LogP contribution in [-0.2, 0) is 10.0 Å². The summed E-state index contributed by atoms with van der Waals surface area (Å²) >= 11 is 0. The van der Waals surface area contributed by atoms with Gasteiger partial charge in [0.15, 0.2) is 0 Å². The summed E-state index contributed by atoms with van der Waals surface area (Å²) in [4.78, 5) is 0.162. The van der Waals surface area contributed by atoms with Crippen LogP contribution < -0.4 is 4.72 Å². The second-order valence-electron chi connectivity index (χ2n) is 4.21. The van der Waals surface area contributed by atoms with Crippen LogP contribution in [0.4, 0.5) is 4.39 Å². The average Bonchev–Trinajstić information content (AvgIpc) is 2.97. The summed E-state index contributed by atoms with van der Waals surface area (Å²) < 4.78 is 39.1. The maximum absolute atomic E-state index is 12.8. The topological polar surface area (TPSA) is 46.2 Å². The molecule has 1 saturated carbocycles. The summed E-state index contributed by atoms with van der Waals surface area (Å²) in [5.74, 6) is 0.0640. The third-order valence-electron chi connectivity index (χ3n) is 2.69. The summed E-state index contributed by atoms with van der Waals surface area (Å²) in [6.07, 6.45) is 2.18. The molecule has 1 fully saturated rings. The first-order chi connectivity index (χ1) is 7.49. The summed E-state index contributed by atoms with van der Waals surface area (Å²) in [6.45, 7) is 2.08. The van der Waals surface area contributed by atoms with E-state index in [0.29, 0.717) is 18.0 Å². The van der Waals surface area contributed by atoms with Crippen LogP contribution in [0.3, 0.4) is 0 Å². The molecule has 1 aromatic carbocycles. The van der Waals surface area contributed by atoms with E-state index in [0.717, 1.165) is 12.8 Å². The fourth-order valence-electron chi connectivity index (χ4n) is 1.54. The number of benzene rings is 1. The molecule has 0 atom stereocenters. The number of sulfonamides is 1. The number of aryl methyl sites for hydroxylation is 1. The van der Waals surface area contributed by atoms with Crippen LogP contribution in [0.2, 0.25) is 0 Å². The molecule has 0 saturated heterocycles. The highest BCUT2D eigenvalue weighted by Crippen LogP contribution is 2.28. The molecular weight excluding hydrogens is 229 g/mol. The summed E-state index contributed by atoms with van der Waals surface area (Å²) in [6, 6.07) is 3.70. The van der Waals surface area contributed by atoms with Crippen molar-refractivity contribution in [3.63, 3.8) is 0 Å². The number of hydrogen-bond donors (Lipinski definition) is 1. The van der Waals surface area contributed by atoms with Gasteiger partial charge >= 0.3 is 0 Å². The summed E-state index contributed by atoms with van der Waals surface area (Å²) in [7, 11) is -3.48. The van der Waals surface area contributed by atoms with Gasteiger partial charge in [-0.1, -0.05) is 0 Å². The van der Waals surface area contributed by atoms with Crippen molar-refractivity contribution in [1.29, 1.82) is 0 Å². The first-order valence-electron chi connectivity index (χ1n) is 5.25. The van der Waals surface area contributed by atoms with E-state index in [4.69, 9.17) is 0 Å². The molecule has 0 aromatic heterocycles. The van der Waals surface area contributed by atoms with Gasteiger partial charge in [0.05, 0.1) is 4.90 Å². The van der Waals surface area contributed by atoms with Crippen molar-refractivity contribution >= 4 is 10.0 Å². The standard InChI is InChI=1S/C11H14FNO2S/c1-8-6-10(12)4-5-11(8)16(14,15)13-7-9-2-3-9/h4-6,9,13H,2-3,7H2,1H3. The lowest BCUT2D eigenvalue weighted by Gasteiger charge is -2.08. The Morgan fingerprint density at radius 2 is 2.12 bits per heavy atom. The van der Waals surface area contributed by atoms with Crippen molar-refractivity contribution < 1.29 is 12.8 Å². The molecule has 0 radical (unpaired) electrons. The van der Waals surface area contributed by atoms with E-state index in [1.54, 1.807) is 6.92 Å². The molecule has 0 amide bonds. The molecule has 0 bridgehead atoms. The van der Waals surface area contributed by atoms with Gasteiger partial charge in [-0.2, -0.15) is 0 Å². The van der Waals surface area contributed by atoms with Gasteiger partial charge in [0.2, 0.25) is 10.0 Å². The van der Waals surface area contributed by atoms with Gasteiger partial charge in [0, 0.05) is 6.54 Å². The SMILES string of the molecule is Cc1cc(F)ccc1S(=O)(=O)NCC1CC1. The average molecular weight is 243 g/mol. The van der Waals surface area contributed by atoms with Crippen LogP contribution in [-0.4, -0.2) is 15.0 Å². The molecular formula is C11H14FNO2S. The summed E-state index contributed by atoms with van der Waals surface area (Å²) in [5, 5.41) is 0. The van der Waals surface area contributed by atoms with Crippen LogP contribution in [0, 0.1) is 18.7 Å². The van der Waals surface area contributed by atoms with Gasteiger partial charge < -0.3 is 0 Å². The number of hydrogen-bond acceptors (Lipinski definition) is 2. The predicted molar refractivity (Wildman–Crippen MR) is 59.0 cm³/mol. The lowest BCUT2D eigenvalue weighted by atomic mass is 10.2. The van der Waals surface area contributed by atoms with Crippen molar-refractivity contribution in [1.82, 2.24) is 4.72 Å². The van der Waals surface area contributed by atoms with E-state index in [9.17, 15) is 12.8 Å². The Bertz CT molecular complexity index is 495. The lowest BCUT2D eigenvalue weighted by Crippen LogP contribution is -2.26. The van der Waals surface area contributed by atoms with Gasteiger partial charge in [-0.05, 0) is 49.4 Å². The van der Waals surface area contributed by atoms with E-state index in [1.807, 2.05) is 0 Å². The largest absolute Gasteiger partial charge is 0.240 e. The van der Waals surface area contributed by atoms with Crippen molar-refractivity contribution in [2.45, 2.75) is 24.7 Å². The molecule has 5 heteroatoms. The van der Waals surface area contributed by atoms with Crippen LogP contribution in [0.15, 0.2) is 23.1 Å². The predicted octanol–water partition coefficient (Wildman–Crippen LogP) is 1.82. The number of rotatable bonds is 4. The normalized spacial score (nSPS) is 16.4. The minimum Gasteiger partial charge on any atom is -0.211 e. The van der Waals surface area contributed by atoms with Crippen LogP contribution in [0.25, 0.3) is 0 Å². The Hall–Kier alpha value is -0.940. The van der Waals surface area contributed by atoms with Gasteiger partial charge in [-0.15, -0.1) is 0 Å². The molecule has 1 N–H and O–H groups in total. The number of halogens is 1. The molecule has 1 aliphatic carbocycles. The minimum atomic E-state index is -3.48. The molecule has 0 unspecified atom stereocenters. The number of nitrogens with one attached hydrogen (secondary N) is 1. The molecule has 0 heterocycles. The highest BCUT2D eigenvalue weighted by Gasteiger charge is 2.24. The van der Waals surface area contributed by atoms with Crippen LogP contribution in [0.5, 0.6) is 0 Å². The first kappa shape index (κ1) is 11.5. The molecule has 1 aromatic rings. The van der Waals surface area contributed by atoms with E-state index in [1.165, 1.54) is 18.2 Å². The molecule has 16 heavy (non-hydrogen) atoms. The molecule has 2 rings (SSSR count). The highest BCUT2D eigenvalue weighted by molar-refractivity contribution is 7.89. The Morgan fingerprint density at radius 1 is 1.44 bits per heavy atom. The summed E-state index contributed by atoms with van der Waals surface area (Å²) in [5.41, 5.74) is 0.434. The van der Waals surface area contributed by atoms with Crippen LogP contribution in [0.1, 0.15) is 18.4 Å². The quantitative estimate of drug-likeness (QED) is 0.876. The first-order valence-corrected chi connectivity index (χ1v) is 6.73. The highest BCUT2D eigenvalue weighted by atomic mass is 32.2. The molecule has 0 aliphatic heterocycles. The molecule has 3 nitrogen and oxygen atoms in total. The maximum Gasteiger partial charge on any atom is 0.240 e. The van der Waals surface area contributed by atoms with Gasteiger partial charge in [0.25, 0.3) is 0 Å². The fraction of sp³-hybridized carbons (Fsp3) is 0.455. The van der Waals surface area contributed by atoms with Crippen molar-refractivity contribution in [2.75, 3.05) is 6.54 Å². The Balaban J connectivity index is 2.20. The van der Waals surface area contributed by atoms with Gasteiger partial charge in [-0.3, -0.25) is 0 Å². The third-order valence-corrected chi connectivity index (χ3v) is 4.27. The van der Waals surface area contributed by atoms with Gasteiger partial charge in [0.1, 0.15) is 5.82 Å². The smallest absolute Gasteiger partial charge is 0.211 e. The molecule has 0 spiro atoms. The second kappa shape index (κ2) is 4.14. The second-order valence-corrected chi connectivity index (χ2v) is 5.94. The molecule has 88 valence electrons. The zero-order valence-corrected chi connectivity index (χ0v) is 9.85. The van der Waals surface area contributed by atoms with Crippen molar-refractivity contribution in [3.05, 3.63) is 29.6 Å². The van der Waals surface area contributed by atoms with E-state index in [-0.39, 0.29) is 4.90 Å². The van der Waals surface area contributed by atoms with E-state index >= 15 is 0 Å². The zero-order chi connectivity index (χ0) is 11.8. The zero-order valence-electron chi connectivity index (χ0n) is 9.03. The third kappa shape index (κ3) is 2.59. The monoisotopic (exact) mass is 243 g/mol. The Kier molecular flexibility index (Phi) is 2.99. The van der Waals surface area contributed by atoms with Gasteiger partial charge in [-0.25, -0.2) is 17.5 Å². The van der Waals surface area contributed by atoms with Crippen molar-refractivity contribution in [2.24, 2.45) is 5.92 Å². The Morgan fingerprint density at radius 3 is 2.69 bits per heavy atom. The van der Waals surface area contributed by atoms with Crippen LogP contribution >= 0.6 is 0 Å². The Labute approximate surface area is 94.7 Å². The van der Waals surface area contributed by atoms with E-state index < -0.39 is 15.8 Å². The minimum absolute atomic E-state index is 0.162. The molecule has 1 aliphatic rings. The van der Waals surface area contributed by atoms with E-state index in [2.05, 4.69) is 4.72 Å². The lowest BCUT2D eigenvalue weighted by molar-refractivity contribution is 0.575. The van der Waals surface area contributed by atoms with Crippen molar-refractivity contribution in [3.8, 4) is 0 Å².